The number of hydrogen-bond acceptors (Lipinski definition) is 2. The Kier molecular flexibility index (Phi) is 4.37. The van der Waals surface area contributed by atoms with Gasteiger partial charge in [0.2, 0.25) is 0 Å². The minimum absolute atomic E-state index is 0. The number of halogens is 1. The minimum atomic E-state index is -0.104. The normalized spacial score (nSPS) is 37.9. The van der Waals surface area contributed by atoms with E-state index >= 15 is 0 Å². The molecule has 1 fully saturated rings. The molecule has 1 saturated carbocycles. The quantitative estimate of drug-likeness (QED) is 0.638. The third-order valence-corrected chi connectivity index (χ3v) is 2.67. The lowest BCUT2D eigenvalue weighted by Gasteiger charge is -2.37. The first-order valence-electron chi connectivity index (χ1n) is 4.06. The van der Waals surface area contributed by atoms with Gasteiger partial charge < -0.3 is 10.8 Å². The molecule has 0 saturated heterocycles. The van der Waals surface area contributed by atoms with E-state index in [1.54, 1.807) is 0 Å². The second-order valence-corrected chi connectivity index (χ2v) is 3.63. The molecule has 68 valence electrons. The molecule has 0 aromatic heterocycles. The van der Waals surface area contributed by atoms with Gasteiger partial charge in [0, 0.05) is 12.1 Å². The largest absolute Gasteiger partial charge is 0.396 e. The van der Waals surface area contributed by atoms with Crippen LogP contribution in [0.3, 0.4) is 0 Å². The fourth-order valence-corrected chi connectivity index (χ4v) is 1.73. The van der Waals surface area contributed by atoms with Crippen LogP contribution < -0.4 is 5.73 Å². The van der Waals surface area contributed by atoms with Gasteiger partial charge in [0.15, 0.2) is 0 Å². The molecule has 0 radical (unpaired) electrons. The summed E-state index contributed by atoms with van der Waals surface area (Å²) in [4.78, 5) is 0. The zero-order valence-corrected chi connectivity index (χ0v) is 7.86. The van der Waals surface area contributed by atoms with Gasteiger partial charge in [-0.1, -0.05) is 12.8 Å². The maximum absolute atomic E-state index is 8.95. The summed E-state index contributed by atoms with van der Waals surface area (Å²) in [5.41, 5.74) is 5.87. The summed E-state index contributed by atoms with van der Waals surface area (Å²) < 4.78 is 0. The summed E-state index contributed by atoms with van der Waals surface area (Å²) in [6, 6.07) is 0. The van der Waals surface area contributed by atoms with Crippen LogP contribution in [-0.4, -0.2) is 17.3 Å². The number of aliphatic hydroxyl groups excluding tert-OH is 1. The Labute approximate surface area is 74.6 Å². The molecule has 2 nitrogen and oxygen atoms in total. The van der Waals surface area contributed by atoms with Crippen molar-refractivity contribution in [3.05, 3.63) is 0 Å². The average molecular weight is 180 g/mol. The first kappa shape index (κ1) is 11.2. The van der Waals surface area contributed by atoms with Crippen LogP contribution in [0.25, 0.3) is 0 Å². The Bertz CT molecular complexity index is 117. The van der Waals surface area contributed by atoms with Crippen LogP contribution in [0.1, 0.15) is 32.6 Å². The van der Waals surface area contributed by atoms with E-state index in [0.717, 1.165) is 12.8 Å². The predicted octanol–water partition coefficient (Wildman–Crippen LogP) is 1.31. The first-order chi connectivity index (χ1) is 4.67. The van der Waals surface area contributed by atoms with Crippen molar-refractivity contribution in [2.24, 2.45) is 11.7 Å². The van der Waals surface area contributed by atoms with Crippen molar-refractivity contribution in [1.82, 2.24) is 0 Å². The molecule has 1 rings (SSSR count). The molecule has 0 amide bonds. The average Bonchev–Trinajstić information content (AvgIpc) is 1.87. The van der Waals surface area contributed by atoms with E-state index < -0.39 is 0 Å². The summed E-state index contributed by atoms with van der Waals surface area (Å²) >= 11 is 0. The molecular weight excluding hydrogens is 162 g/mol. The Morgan fingerprint density at radius 3 is 2.55 bits per heavy atom. The van der Waals surface area contributed by atoms with Crippen molar-refractivity contribution < 1.29 is 5.11 Å². The molecule has 3 N–H and O–H groups in total. The topological polar surface area (TPSA) is 46.2 Å². The highest BCUT2D eigenvalue weighted by Crippen LogP contribution is 2.30. The summed E-state index contributed by atoms with van der Waals surface area (Å²) in [6.07, 6.45) is 4.63. The van der Waals surface area contributed by atoms with Gasteiger partial charge in [0.25, 0.3) is 0 Å². The van der Waals surface area contributed by atoms with Crippen LogP contribution in [0.4, 0.5) is 0 Å². The Morgan fingerprint density at radius 2 is 2.18 bits per heavy atom. The van der Waals surface area contributed by atoms with Gasteiger partial charge in [-0.05, 0) is 25.7 Å². The lowest BCUT2D eigenvalue weighted by Crippen LogP contribution is -2.47. The first-order valence-corrected chi connectivity index (χ1v) is 4.06. The highest BCUT2D eigenvalue weighted by atomic mass is 35.5. The van der Waals surface area contributed by atoms with Gasteiger partial charge in [0.05, 0.1) is 0 Å². The Balaban J connectivity index is 0.000001000. The van der Waals surface area contributed by atoms with Crippen molar-refractivity contribution in [3.63, 3.8) is 0 Å². The molecule has 2 atom stereocenters. The van der Waals surface area contributed by atoms with Crippen molar-refractivity contribution in [1.29, 1.82) is 0 Å². The van der Waals surface area contributed by atoms with Crippen LogP contribution >= 0.6 is 12.4 Å². The SMILES string of the molecule is CC1(N)CCCCC1CO.Cl. The third kappa shape index (κ3) is 2.62. The number of rotatable bonds is 1. The summed E-state index contributed by atoms with van der Waals surface area (Å²) in [5, 5.41) is 8.95. The number of nitrogens with two attached hydrogens (primary N) is 1. The van der Waals surface area contributed by atoms with E-state index in [-0.39, 0.29) is 24.6 Å². The molecule has 0 aromatic rings. The molecule has 0 bridgehead atoms. The van der Waals surface area contributed by atoms with E-state index in [1.807, 2.05) is 6.92 Å². The van der Waals surface area contributed by atoms with Gasteiger partial charge in [-0.3, -0.25) is 0 Å². The molecule has 0 heterocycles. The van der Waals surface area contributed by atoms with Crippen molar-refractivity contribution in [2.45, 2.75) is 38.1 Å². The monoisotopic (exact) mass is 179 g/mol. The fraction of sp³-hybridized carbons (Fsp3) is 1.00. The van der Waals surface area contributed by atoms with Gasteiger partial charge in [-0.15, -0.1) is 12.4 Å². The zero-order valence-electron chi connectivity index (χ0n) is 7.05. The standard InChI is InChI=1S/C8H17NO.ClH/c1-8(9)5-3-2-4-7(8)6-10;/h7,10H,2-6,9H2,1H3;1H. The maximum atomic E-state index is 8.95. The maximum Gasteiger partial charge on any atom is 0.0476 e. The fourth-order valence-electron chi connectivity index (χ4n) is 1.73. The third-order valence-electron chi connectivity index (χ3n) is 2.67. The van der Waals surface area contributed by atoms with Gasteiger partial charge in [-0.25, -0.2) is 0 Å². The highest BCUT2D eigenvalue weighted by molar-refractivity contribution is 5.85. The number of aliphatic hydroxyl groups is 1. The van der Waals surface area contributed by atoms with E-state index in [0.29, 0.717) is 5.92 Å². The molecule has 1 aliphatic rings. The summed E-state index contributed by atoms with van der Waals surface area (Å²) in [7, 11) is 0. The number of hydrogen-bond donors (Lipinski definition) is 2. The predicted molar refractivity (Wildman–Crippen MR) is 48.9 cm³/mol. The van der Waals surface area contributed by atoms with E-state index in [9.17, 15) is 0 Å². The van der Waals surface area contributed by atoms with Crippen LogP contribution in [0.2, 0.25) is 0 Å². The Hall–Kier alpha value is 0.210. The molecule has 0 spiro atoms. The van der Waals surface area contributed by atoms with Crippen LogP contribution in [-0.2, 0) is 0 Å². The molecule has 2 unspecified atom stereocenters. The molecule has 11 heavy (non-hydrogen) atoms. The highest BCUT2D eigenvalue weighted by Gasteiger charge is 2.31. The second-order valence-electron chi connectivity index (χ2n) is 3.63. The molecule has 0 aliphatic heterocycles. The molecule has 0 aromatic carbocycles. The van der Waals surface area contributed by atoms with E-state index in [4.69, 9.17) is 10.8 Å². The molecule has 1 aliphatic carbocycles. The second kappa shape index (κ2) is 4.29. The van der Waals surface area contributed by atoms with Crippen LogP contribution in [0.15, 0.2) is 0 Å². The van der Waals surface area contributed by atoms with Crippen molar-refractivity contribution in [3.8, 4) is 0 Å². The van der Waals surface area contributed by atoms with Gasteiger partial charge in [-0.2, -0.15) is 0 Å². The van der Waals surface area contributed by atoms with Crippen molar-refractivity contribution in [2.75, 3.05) is 6.61 Å². The minimum Gasteiger partial charge on any atom is -0.396 e. The smallest absolute Gasteiger partial charge is 0.0476 e. The lowest BCUT2D eigenvalue weighted by molar-refractivity contribution is 0.120. The van der Waals surface area contributed by atoms with E-state index in [1.165, 1.54) is 12.8 Å². The Morgan fingerprint density at radius 1 is 1.55 bits per heavy atom. The van der Waals surface area contributed by atoms with Gasteiger partial charge >= 0.3 is 0 Å². The summed E-state index contributed by atoms with van der Waals surface area (Å²) in [5.74, 6) is 0.334. The van der Waals surface area contributed by atoms with E-state index in [2.05, 4.69) is 0 Å². The van der Waals surface area contributed by atoms with Crippen molar-refractivity contribution >= 4 is 12.4 Å². The summed E-state index contributed by atoms with van der Waals surface area (Å²) in [6.45, 7) is 2.31. The zero-order chi connectivity index (χ0) is 7.61. The van der Waals surface area contributed by atoms with Crippen LogP contribution in [0.5, 0.6) is 0 Å². The molecular formula is C8H18ClNO. The van der Waals surface area contributed by atoms with Crippen LogP contribution in [0, 0.1) is 5.92 Å². The van der Waals surface area contributed by atoms with Gasteiger partial charge in [0.1, 0.15) is 0 Å². The lowest BCUT2D eigenvalue weighted by atomic mass is 9.75. The molecule has 3 heteroatoms.